The normalized spacial score (nSPS) is 13.8. The van der Waals surface area contributed by atoms with E-state index in [0.717, 1.165) is 0 Å². The van der Waals surface area contributed by atoms with Gasteiger partial charge in [0.05, 0.1) is 13.2 Å². The first-order valence-corrected chi connectivity index (χ1v) is 9.65. The zero-order valence-electron chi connectivity index (χ0n) is 17.1. The molecular weight excluding hydrogens is 392 g/mol. The van der Waals surface area contributed by atoms with Crippen LogP contribution in [0.3, 0.4) is 0 Å². The Morgan fingerprint density at radius 3 is 2.00 bits per heavy atom. The van der Waals surface area contributed by atoms with E-state index >= 15 is 0 Å². The molecule has 0 aliphatic rings. The van der Waals surface area contributed by atoms with Crippen LogP contribution in [0.5, 0.6) is 0 Å². The molecule has 30 heavy (non-hydrogen) atoms. The van der Waals surface area contributed by atoms with E-state index in [1.54, 1.807) is 30.3 Å². The van der Waals surface area contributed by atoms with Gasteiger partial charge in [-0.15, -0.1) is 0 Å². The number of hydrogen-bond donors (Lipinski definition) is 6. The van der Waals surface area contributed by atoms with Crippen LogP contribution in [0.1, 0.15) is 25.8 Å². The largest absolute Gasteiger partial charge is 0.480 e. The zero-order chi connectivity index (χ0) is 22.7. The first-order valence-electron chi connectivity index (χ1n) is 9.65. The lowest BCUT2D eigenvalue weighted by Gasteiger charge is -2.24. The fourth-order valence-corrected chi connectivity index (χ4v) is 2.74. The smallest absolute Gasteiger partial charge is 0.326 e. The molecule has 3 unspecified atom stereocenters. The van der Waals surface area contributed by atoms with Gasteiger partial charge < -0.3 is 31.9 Å². The summed E-state index contributed by atoms with van der Waals surface area (Å²) in [5.74, 6) is -3.24. The molecule has 0 aromatic heterocycles. The fraction of sp³-hybridized carbons (Fsp3) is 0.500. The lowest BCUT2D eigenvalue weighted by atomic mass is 10.0. The Hall–Kier alpha value is -2.98. The number of carboxylic acids is 1. The maximum Gasteiger partial charge on any atom is 0.326 e. The number of carbonyl (C=O) groups is 4. The maximum absolute atomic E-state index is 12.5. The SMILES string of the molecule is CC(C)CC(NC(=O)CN)C(=O)NC(CO)C(=O)NC(Cc1ccccc1)C(=O)O. The number of amides is 3. The van der Waals surface area contributed by atoms with Crippen LogP contribution >= 0.6 is 0 Å². The van der Waals surface area contributed by atoms with E-state index in [2.05, 4.69) is 16.0 Å². The monoisotopic (exact) mass is 422 g/mol. The minimum absolute atomic E-state index is 0.0382. The summed E-state index contributed by atoms with van der Waals surface area (Å²) in [5.41, 5.74) is 5.97. The number of carbonyl (C=O) groups excluding carboxylic acids is 3. The molecule has 3 atom stereocenters. The van der Waals surface area contributed by atoms with Gasteiger partial charge in [0.15, 0.2) is 0 Å². The summed E-state index contributed by atoms with van der Waals surface area (Å²) >= 11 is 0. The summed E-state index contributed by atoms with van der Waals surface area (Å²) in [6, 6.07) is 5.17. The Morgan fingerprint density at radius 1 is 0.933 bits per heavy atom. The Morgan fingerprint density at radius 2 is 1.50 bits per heavy atom. The summed E-state index contributed by atoms with van der Waals surface area (Å²) in [5, 5.41) is 26.1. The van der Waals surface area contributed by atoms with Gasteiger partial charge >= 0.3 is 5.97 Å². The summed E-state index contributed by atoms with van der Waals surface area (Å²) in [7, 11) is 0. The van der Waals surface area contributed by atoms with Gasteiger partial charge in [0.25, 0.3) is 0 Å². The molecule has 1 aromatic carbocycles. The standard InChI is InChI=1S/C20H30N4O6/c1-12(2)8-14(22-17(26)10-21)18(27)24-16(11-25)19(28)23-15(20(29)30)9-13-6-4-3-5-7-13/h3-7,12,14-16,25H,8-11,21H2,1-2H3,(H,22,26)(H,23,28)(H,24,27)(H,29,30). The lowest BCUT2D eigenvalue weighted by molar-refractivity contribution is -0.142. The van der Waals surface area contributed by atoms with Crippen LogP contribution < -0.4 is 21.7 Å². The Kier molecular flexibility index (Phi) is 10.5. The van der Waals surface area contributed by atoms with Gasteiger partial charge in [-0.25, -0.2) is 4.79 Å². The number of benzene rings is 1. The van der Waals surface area contributed by atoms with E-state index < -0.39 is 48.4 Å². The maximum atomic E-state index is 12.5. The molecule has 0 saturated heterocycles. The predicted octanol–water partition coefficient (Wildman–Crippen LogP) is -1.23. The Balaban J connectivity index is 2.82. The zero-order valence-corrected chi connectivity index (χ0v) is 17.1. The first kappa shape index (κ1) is 25.1. The number of rotatable bonds is 12. The van der Waals surface area contributed by atoms with E-state index in [9.17, 15) is 29.4 Å². The second-order valence-corrected chi connectivity index (χ2v) is 7.29. The van der Waals surface area contributed by atoms with Crippen molar-refractivity contribution < 1.29 is 29.4 Å². The second-order valence-electron chi connectivity index (χ2n) is 7.29. The van der Waals surface area contributed by atoms with Crippen molar-refractivity contribution >= 4 is 23.7 Å². The molecule has 1 rings (SSSR count). The van der Waals surface area contributed by atoms with Gasteiger partial charge in [0, 0.05) is 6.42 Å². The fourth-order valence-electron chi connectivity index (χ4n) is 2.74. The summed E-state index contributed by atoms with van der Waals surface area (Å²) in [6.45, 7) is 2.67. The number of aliphatic carboxylic acids is 1. The van der Waals surface area contributed by atoms with Crippen LogP contribution in [0.4, 0.5) is 0 Å². The van der Waals surface area contributed by atoms with Crippen LogP contribution in [0.2, 0.25) is 0 Å². The van der Waals surface area contributed by atoms with Gasteiger partial charge in [-0.2, -0.15) is 0 Å². The molecule has 0 aliphatic heterocycles. The molecule has 7 N–H and O–H groups in total. The highest BCUT2D eigenvalue weighted by atomic mass is 16.4. The first-order chi connectivity index (χ1) is 14.2. The van der Waals surface area contributed by atoms with Gasteiger partial charge in [0.2, 0.25) is 17.7 Å². The van der Waals surface area contributed by atoms with Crippen molar-refractivity contribution in [2.24, 2.45) is 11.7 Å². The lowest BCUT2D eigenvalue weighted by Crippen LogP contribution is -2.57. The Bertz CT molecular complexity index is 725. The summed E-state index contributed by atoms with van der Waals surface area (Å²) in [6.07, 6.45) is 0.333. The highest BCUT2D eigenvalue weighted by Crippen LogP contribution is 2.06. The van der Waals surface area contributed by atoms with Crippen LogP contribution in [-0.4, -0.2) is 65.2 Å². The molecule has 0 aliphatic carbocycles. The highest BCUT2D eigenvalue weighted by Gasteiger charge is 2.29. The van der Waals surface area contributed by atoms with Crippen LogP contribution in [-0.2, 0) is 25.6 Å². The average Bonchev–Trinajstić information content (AvgIpc) is 2.70. The molecule has 166 valence electrons. The highest BCUT2D eigenvalue weighted by molar-refractivity contribution is 5.93. The van der Waals surface area contributed by atoms with Gasteiger partial charge in [-0.1, -0.05) is 44.2 Å². The molecule has 10 heteroatoms. The van der Waals surface area contributed by atoms with Crippen molar-refractivity contribution in [3.05, 3.63) is 35.9 Å². The number of hydrogen-bond acceptors (Lipinski definition) is 6. The third-order valence-corrected chi connectivity index (χ3v) is 4.26. The van der Waals surface area contributed by atoms with Crippen LogP contribution in [0, 0.1) is 5.92 Å². The Labute approximate surface area is 175 Å². The average molecular weight is 422 g/mol. The molecule has 3 amide bonds. The molecule has 1 aromatic rings. The second kappa shape index (κ2) is 12.6. The van der Waals surface area contributed by atoms with E-state index in [-0.39, 0.29) is 18.9 Å². The van der Waals surface area contributed by atoms with E-state index in [1.807, 2.05) is 13.8 Å². The van der Waals surface area contributed by atoms with E-state index in [1.165, 1.54) is 0 Å². The number of aliphatic hydroxyl groups is 1. The minimum atomic E-state index is -1.38. The number of aliphatic hydroxyl groups excluding tert-OH is 1. The van der Waals surface area contributed by atoms with Crippen molar-refractivity contribution in [3.8, 4) is 0 Å². The topological polar surface area (TPSA) is 171 Å². The van der Waals surface area contributed by atoms with Crippen molar-refractivity contribution in [1.82, 2.24) is 16.0 Å². The molecule has 0 bridgehead atoms. The van der Waals surface area contributed by atoms with E-state index in [4.69, 9.17) is 5.73 Å². The molecular formula is C20H30N4O6. The molecule has 10 nitrogen and oxygen atoms in total. The number of nitrogens with one attached hydrogen (secondary N) is 3. The van der Waals surface area contributed by atoms with Crippen molar-refractivity contribution in [2.45, 2.75) is 44.8 Å². The number of carboxylic acid groups (broad SMARTS) is 1. The molecule has 0 radical (unpaired) electrons. The van der Waals surface area contributed by atoms with Gasteiger partial charge in [-0.05, 0) is 17.9 Å². The predicted molar refractivity (Wildman–Crippen MR) is 109 cm³/mol. The third-order valence-electron chi connectivity index (χ3n) is 4.26. The minimum Gasteiger partial charge on any atom is -0.480 e. The molecule has 0 spiro atoms. The van der Waals surface area contributed by atoms with Crippen molar-refractivity contribution in [1.29, 1.82) is 0 Å². The summed E-state index contributed by atoms with van der Waals surface area (Å²) in [4.78, 5) is 48.1. The summed E-state index contributed by atoms with van der Waals surface area (Å²) < 4.78 is 0. The van der Waals surface area contributed by atoms with Gasteiger partial charge in [-0.3, -0.25) is 14.4 Å². The van der Waals surface area contributed by atoms with Crippen LogP contribution in [0.15, 0.2) is 30.3 Å². The van der Waals surface area contributed by atoms with Gasteiger partial charge in [0.1, 0.15) is 18.1 Å². The van der Waals surface area contributed by atoms with Crippen molar-refractivity contribution in [3.63, 3.8) is 0 Å². The molecule has 0 fully saturated rings. The van der Waals surface area contributed by atoms with E-state index in [0.29, 0.717) is 12.0 Å². The van der Waals surface area contributed by atoms with Crippen molar-refractivity contribution in [2.75, 3.05) is 13.2 Å². The number of nitrogens with two attached hydrogens (primary N) is 1. The third kappa shape index (κ3) is 8.58. The molecule has 0 saturated carbocycles. The molecule has 0 heterocycles. The quantitative estimate of drug-likeness (QED) is 0.245. The van der Waals surface area contributed by atoms with Crippen LogP contribution in [0.25, 0.3) is 0 Å².